The highest BCUT2D eigenvalue weighted by atomic mass is 35.5. The highest BCUT2D eigenvalue weighted by Crippen LogP contribution is 2.23. The van der Waals surface area contributed by atoms with E-state index in [0.29, 0.717) is 16.6 Å². The van der Waals surface area contributed by atoms with Gasteiger partial charge in [0.05, 0.1) is 16.0 Å². The van der Waals surface area contributed by atoms with Crippen molar-refractivity contribution in [2.24, 2.45) is 5.92 Å². The van der Waals surface area contributed by atoms with Crippen molar-refractivity contribution in [3.8, 4) is 0 Å². The van der Waals surface area contributed by atoms with Crippen LogP contribution < -0.4 is 5.32 Å². The zero-order chi connectivity index (χ0) is 16.1. The normalized spacial score (nSPS) is 14.3. The SMILES string of the molecule is CN(C)CCCN(Cc1ccc(Cl)c(Cl)c1)C(=O)C1CNC1.Cl. The number of halogens is 3. The summed E-state index contributed by atoms with van der Waals surface area (Å²) in [5.41, 5.74) is 1.01. The van der Waals surface area contributed by atoms with Crippen molar-refractivity contribution in [2.45, 2.75) is 13.0 Å². The fourth-order valence-corrected chi connectivity index (χ4v) is 2.75. The third kappa shape index (κ3) is 6.12. The Balaban J connectivity index is 0.00000264. The highest BCUT2D eigenvalue weighted by Gasteiger charge is 2.29. The first-order chi connectivity index (χ1) is 10.5. The molecule has 1 amide bonds. The lowest BCUT2D eigenvalue weighted by Gasteiger charge is -2.33. The summed E-state index contributed by atoms with van der Waals surface area (Å²) in [5, 5.41) is 4.23. The molecule has 1 aliphatic rings. The van der Waals surface area contributed by atoms with Gasteiger partial charge in [0.2, 0.25) is 5.91 Å². The van der Waals surface area contributed by atoms with Gasteiger partial charge in [-0.2, -0.15) is 0 Å². The number of carbonyl (C=O) groups excluding carboxylic acids is 1. The van der Waals surface area contributed by atoms with Crippen LogP contribution in [-0.2, 0) is 11.3 Å². The number of nitrogens with zero attached hydrogens (tertiary/aromatic N) is 2. The predicted molar refractivity (Wildman–Crippen MR) is 98.7 cm³/mol. The minimum Gasteiger partial charge on any atom is -0.338 e. The molecule has 1 N–H and O–H groups in total. The first-order valence-electron chi connectivity index (χ1n) is 7.55. The molecular formula is C16H24Cl3N3O. The molecule has 23 heavy (non-hydrogen) atoms. The summed E-state index contributed by atoms with van der Waals surface area (Å²) in [6, 6.07) is 5.56. The molecule has 0 aromatic heterocycles. The smallest absolute Gasteiger partial charge is 0.228 e. The van der Waals surface area contributed by atoms with Crippen LogP contribution in [0, 0.1) is 5.92 Å². The zero-order valence-electron chi connectivity index (χ0n) is 13.5. The Morgan fingerprint density at radius 3 is 2.43 bits per heavy atom. The Kier molecular flexibility index (Phi) is 8.65. The molecular weight excluding hydrogens is 357 g/mol. The standard InChI is InChI=1S/C16H23Cl2N3O.ClH/c1-20(2)6-3-7-21(16(22)13-9-19-10-13)11-12-4-5-14(17)15(18)8-12;/h4-5,8,13,19H,3,6-7,9-11H2,1-2H3;1H. The van der Waals surface area contributed by atoms with Crippen LogP contribution in [0.3, 0.4) is 0 Å². The van der Waals surface area contributed by atoms with Gasteiger partial charge in [-0.15, -0.1) is 12.4 Å². The van der Waals surface area contributed by atoms with Crippen molar-refractivity contribution in [2.75, 3.05) is 40.3 Å². The van der Waals surface area contributed by atoms with Gasteiger partial charge in [-0.1, -0.05) is 29.3 Å². The molecule has 7 heteroatoms. The molecule has 0 unspecified atom stereocenters. The Labute approximate surface area is 154 Å². The zero-order valence-corrected chi connectivity index (χ0v) is 15.8. The summed E-state index contributed by atoms with van der Waals surface area (Å²) in [4.78, 5) is 16.6. The van der Waals surface area contributed by atoms with Gasteiger partial charge in [0.1, 0.15) is 0 Å². The number of nitrogens with one attached hydrogen (secondary N) is 1. The molecule has 130 valence electrons. The maximum Gasteiger partial charge on any atom is 0.228 e. The van der Waals surface area contributed by atoms with E-state index in [-0.39, 0.29) is 24.2 Å². The second kappa shape index (κ2) is 9.70. The summed E-state index contributed by atoms with van der Waals surface area (Å²) >= 11 is 12.0. The average molecular weight is 381 g/mol. The van der Waals surface area contributed by atoms with Gasteiger partial charge in [0.25, 0.3) is 0 Å². The second-order valence-electron chi connectivity index (χ2n) is 6.02. The van der Waals surface area contributed by atoms with E-state index in [2.05, 4.69) is 10.2 Å². The minimum absolute atomic E-state index is 0. The van der Waals surface area contributed by atoms with Crippen LogP contribution in [0.15, 0.2) is 18.2 Å². The number of carbonyl (C=O) groups is 1. The van der Waals surface area contributed by atoms with Gasteiger partial charge in [0.15, 0.2) is 0 Å². The predicted octanol–water partition coefficient (Wildman–Crippen LogP) is 2.91. The van der Waals surface area contributed by atoms with Crippen molar-refractivity contribution in [1.82, 2.24) is 15.1 Å². The lowest BCUT2D eigenvalue weighted by Crippen LogP contribution is -2.52. The van der Waals surface area contributed by atoms with Crippen LogP contribution in [0.2, 0.25) is 10.0 Å². The Bertz CT molecular complexity index is 521. The molecule has 0 spiro atoms. The molecule has 0 bridgehead atoms. The first-order valence-corrected chi connectivity index (χ1v) is 8.31. The Morgan fingerprint density at radius 2 is 1.91 bits per heavy atom. The van der Waals surface area contributed by atoms with Crippen molar-refractivity contribution < 1.29 is 4.79 Å². The van der Waals surface area contributed by atoms with Crippen LogP contribution >= 0.6 is 35.6 Å². The fraction of sp³-hybridized carbons (Fsp3) is 0.562. The summed E-state index contributed by atoms with van der Waals surface area (Å²) < 4.78 is 0. The van der Waals surface area contributed by atoms with Gasteiger partial charge < -0.3 is 15.1 Å². The molecule has 4 nitrogen and oxygen atoms in total. The molecule has 0 saturated carbocycles. The van der Waals surface area contributed by atoms with E-state index in [4.69, 9.17) is 23.2 Å². The summed E-state index contributed by atoms with van der Waals surface area (Å²) in [6.45, 7) is 3.87. The van der Waals surface area contributed by atoms with Gasteiger partial charge in [-0.3, -0.25) is 4.79 Å². The van der Waals surface area contributed by atoms with E-state index in [1.54, 1.807) is 6.07 Å². The fourth-order valence-electron chi connectivity index (χ4n) is 2.42. The van der Waals surface area contributed by atoms with Crippen molar-refractivity contribution in [3.63, 3.8) is 0 Å². The highest BCUT2D eigenvalue weighted by molar-refractivity contribution is 6.42. The topological polar surface area (TPSA) is 35.6 Å². The number of hydrogen-bond donors (Lipinski definition) is 1. The monoisotopic (exact) mass is 379 g/mol. The van der Waals surface area contributed by atoms with E-state index in [0.717, 1.165) is 38.2 Å². The van der Waals surface area contributed by atoms with Gasteiger partial charge >= 0.3 is 0 Å². The van der Waals surface area contributed by atoms with Crippen molar-refractivity contribution >= 4 is 41.5 Å². The molecule has 1 heterocycles. The van der Waals surface area contributed by atoms with Crippen LogP contribution in [0.25, 0.3) is 0 Å². The Morgan fingerprint density at radius 1 is 1.22 bits per heavy atom. The molecule has 1 aromatic rings. The Hall–Kier alpha value is -0.520. The lowest BCUT2D eigenvalue weighted by molar-refractivity contribution is -0.137. The molecule has 2 rings (SSSR count). The van der Waals surface area contributed by atoms with Crippen molar-refractivity contribution in [1.29, 1.82) is 0 Å². The van der Waals surface area contributed by atoms with Gasteiger partial charge in [-0.25, -0.2) is 0 Å². The minimum atomic E-state index is 0. The summed E-state index contributed by atoms with van der Waals surface area (Å²) in [5.74, 6) is 0.339. The summed E-state index contributed by atoms with van der Waals surface area (Å²) in [7, 11) is 4.09. The second-order valence-corrected chi connectivity index (χ2v) is 6.83. The molecule has 1 aliphatic heterocycles. The molecule has 1 fully saturated rings. The largest absolute Gasteiger partial charge is 0.338 e. The van der Waals surface area contributed by atoms with Gasteiger partial charge in [-0.05, 0) is 44.8 Å². The van der Waals surface area contributed by atoms with E-state index in [1.807, 2.05) is 31.1 Å². The van der Waals surface area contributed by atoms with E-state index in [1.165, 1.54) is 0 Å². The van der Waals surface area contributed by atoms with Gasteiger partial charge in [0, 0.05) is 26.2 Å². The van der Waals surface area contributed by atoms with E-state index >= 15 is 0 Å². The molecule has 0 aliphatic carbocycles. The van der Waals surface area contributed by atoms with Crippen LogP contribution in [0.1, 0.15) is 12.0 Å². The third-order valence-electron chi connectivity index (χ3n) is 3.83. The molecule has 0 radical (unpaired) electrons. The van der Waals surface area contributed by atoms with Crippen molar-refractivity contribution in [3.05, 3.63) is 33.8 Å². The summed E-state index contributed by atoms with van der Waals surface area (Å²) in [6.07, 6.45) is 0.959. The number of benzene rings is 1. The first kappa shape index (κ1) is 20.5. The third-order valence-corrected chi connectivity index (χ3v) is 4.57. The van der Waals surface area contributed by atoms with Crippen LogP contribution in [-0.4, -0.2) is 56.0 Å². The maximum atomic E-state index is 12.6. The maximum absolute atomic E-state index is 12.6. The van der Waals surface area contributed by atoms with E-state index < -0.39 is 0 Å². The number of hydrogen-bond acceptors (Lipinski definition) is 3. The molecule has 1 saturated heterocycles. The quantitative estimate of drug-likeness (QED) is 0.790. The molecule has 0 atom stereocenters. The van der Waals surface area contributed by atoms with Crippen LogP contribution in [0.5, 0.6) is 0 Å². The number of rotatable bonds is 7. The lowest BCUT2D eigenvalue weighted by atomic mass is 10.0. The van der Waals surface area contributed by atoms with E-state index in [9.17, 15) is 4.79 Å². The van der Waals surface area contributed by atoms with Crippen LogP contribution in [0.4, 0.5) is 0 Å². The average Bonchev–Trinajstić information content (AvgIpc) is 2.39. The molecule has 1 aromatic carbocycles. The number of amides is 1.